The first-order chi connectivity index (χ1) is 18.2. The molecule has 0 aromatic heterocycles. The topological polar surface area (TPSA) is 98.0 Å². The van der Waals surface area contributed by atoms with Crippen LogP contribution in [0.15, 0.2) is 77.2 Å². The minimum absolute atomic E-state index is 0.0192. The molecule has 1 aliphatic carbocycles. The lowest BCUT2D eigenvalue weighted by molar-refractivity contribution is -0.274. The molecule has 2 aliphatic rings. The van der Waals surface area contributed by atoms with Gasteiger partial charge in [0, 0.05) is 24.7 Å². The smallest absolute Gasteiger partial charge is 0.406 e. The van der Waals surface area contributed by atoms with E-state index in [1.807, 2.05) is 29.2 Å². The maximum Gasteiger partial charge on any atom is 0.573 e. The van der Waals surface area contributed by atoms with Crippen molar-refractivity contribution >= 4 is 28.6 Å². The average molecular weight is 543 g/mol. The van der Waals surface area contributed by atoms with E-state index in [2.05, 4.69) is 38.7 Å². The normalized spacial score (nSPS) is 18.5. The molecule has 3 aromatic carbocycles. The Bertz CT molecular complexity index is 1350. The second kappa shape index (κ2) is 10.6. The number of halogens is 3. The molecular weight excluding hydrogens is 517 g/mol. The number of benzene rings is 3. The van der Waals surface area contributed by atoms with Crippen LogP contribution < -0.4 is 10.1 Å². The maximum absolute atomic E-state index is 12.4. The fourth-order valence-corrected chi connectivity index (χ4v) is 5.81. The number of fused-ring (bicyclic) bond motifs is 3. The Hall–Kier alpha value is -3.70. The molecule has 1 saturated heterocycles. The molecule has 2 atom stereocenters. The summed E-state index contributed by atoms with van der Waals surface area (Å²) in [6.07, 6.45) is -3.06. The molecule has 1 aliphatic heterocycles. The van der Waals surface area contributed by atoms with Gasteiger partial charge in [-0.05, 0) is 65.3 Å². The van der Waals surface area contributed by atoms with Crippen molar-refractivity contribution in [2.75, 3.05) is 18.4 Å². The van der Waals surface area contributed by atoms with Crippen molar-refractivity contribution in [2.45, 2.75) is 25.1 Å². The van der Waals surface area contributed by atoms with Crippen LogP contribution in [0.2, 0.25) is 0 Å². The van der Waals surface area contributed by atoms with Gasteiger partial charge in [0.25, 0.3) is 11.3 Å². The van der Waals surface area contributed by atoms with Crippen molar-refractivity contribution in [3.63, 3.8) is 0 Å². The van der Waals surface area contributed by atoms with E-state index >= 15 is 0 Å². The zero-order valence-corrected chi connectivity index (χ0v) is 20.9. The number of hydrogen-bond donors (Lipinski definition) is 3. The maximum atomic E-state index is 12.4. The van der Waals surface area contributed by atoms with E-state index in [4.69, 9.17) is 5.41 Å². The largest absolute Gasteiger partial charge is 0.573 e. The number of likely N-dealkylation sites (tertiary alicyclic amines) is 1. The summed E-state index contributed by atoms with van der Waals surface area (Å²) in [5.74, 6) is -0.279. The van der Waals surface area contributed by atoms with Gasteiger partial charge in [0.05, 0.1) is 0 Å². The minimum atomic E-state index is -4.81. The molecule has 0 amide bonds. The number of hydrogen-bond acceptors (Lipinski definition) is 3. The lowest BCUT2D eigenvalue weighted by atomic mass is 9.79. The average Bonchev–Trinajstić information content (AvgIpc) is 3.22. The van der Waals surface area contributed by atoms with Crippen molar-refractivity contribution in [3.05, 3.63) is 83.9 Å². The van der Waals surface area contributed by atoms with E-state index in [9.17, 15) is 21.9 Å². The van der Waals surface area contributed by atoms with Gasteiger partial charge in [0.2, 0.25) is 0 Å². The molecule has 38 heavy (non-hydrogen) atoms. The van der Waals surface area contributed by atoms with Crippen LogP contribution in [0.5, 0.6) is 5.75 Å². The fraction of sp³-hybridized carbons (Fsp3) is 0.259. The van der Waals surface area contributed by atoms with Gasteiger partial charge in [-0.3, -0.25) is 9.96 Å². The predicted molar refractivity (Wildman–Crippen MR) is 141 cm³/mol. The van der Waals surface area contributed by atoms with Crippen LogP contribution in [0.4, 0.5) is 18.9 Å². The van der Waals surface area contributed by atoms with Crippen LogP contribution >= 0.6 is 0 Å². The third-order valence-corrected chi connectivity index (χ3v) is 7.19. The predicted octanol–water partition coefficient (Wildman–Crippen LogP) is 6.03. The number of amidine groups is 2. The van der Waals surface area contributed by atoms with Crippen LogP contribution in [0.1, 0.15) is 29.9 Å². The number of nitrogens with zero attached hydrogens (tertiary/aromatic N) is 2. The van der Waals surface area contributed by atoms with Crippen LogP contribution in [0, 0.1) is 11.3 Å². The molecule has 1 fully saturated rings. The number of nitrogens with one attached hydrogen (secondary N) is 2. The number of ether oxygens (including phenoxy) is 1. The van der Waals surface area contributed by atoms with Gasteiger partial charge in [-0.2, -0.15) is 0 Å². The first kappa shape index (κ1) is 25.9. The van der Waals surface area contributed by atoms with Gasteiger partial charge in [0.15, 0.2) is 11.7 Å². The molecule has 0 saturated carbocycles. The highest BCUT2D eigenvalue weighted by Crippen LogP contribution is 2.49. The molecule has 0 spiro atoms. The van der Waals surface area contributed by atoms with Crippen molar-refractivity contribution in [1.82, 2.24) is 4.90 Å². The highest BCUT2D eigenvalue weighted by molar-refractivity contribution is 7.78. The standard InChI is InChI=1S/C27H25F3N4O3S/c28-27(29,30)37-19-13-11-18(12-14-19)32-25(31)26(33-38(35)36)34-15-5-6-17(16-34)24-22-9-3-1-7-20(22)21-8-2-4-10-23(21)24/h1-4,7-14,17,24H,5-6,15-16H2,(H2,31,32)(H,35,36)/b33-26+. The summed E-state index contributed by atoms with van der Waals surface area (Å²) in [5, 5.41) is 11.4. The lowest BCUT2D eigenvalue weighted by Gasteiger charge is -2.38. The van der Waals surface area contributed by atoms with Crippen LogP contribution in [-0.4, -0.2) is 44.8 Å². The molecule has 3 N–H and O–H groups in total. The molecule has 2 unspecified atom stereocenters. The second-order valence-corrected chi connectivity index (χ2v) is 9.86. The Kier molecular flexibility index (Phi) is 7.22. The number of piperidine rings is 1. The molecule has 5 rings (SSSR count). The third kappa shape index (κ3) is 5.58. The molecular formula is C27H25F3N4O3S. The highest BCUT2D eigenvalue weighted by Gasteiger charge is 2.37. The summed E-state index contributed by atoms with van der Waals surface area (Å²) in [7, 11) is 0. The highest BCUT2D eigenvalue weighted by atomic mass is 32.2. The van der Waals surface area contributed by atoms with Gasteiger partial charge in [-0.15, -0.1) is 17.6 Å². The number of alkyl halides is 3. The Morgan fingerprint density at radius 3 is 2.21 bits per heavy atom. The monoisotopic (exact) mass is 542 g/mol. The van der Waals surface area contributed by atoms with Gasteiger partial charge in [-0.1, -0.05) is 48.5 Å². The summed E-state index contributed by atoms with van der Waals surface area (Å²) in [4.78, 5) is 1.84. The van der Waals surface area contributed by atoms with Crippen molar-refractivity contribution < 1.29 is 26.7 Å². The van der Waals surface area contributed by atoms with Crippen molar-refractivity contribution in [3.8, 4) is 16.9 Å². The Balaban J connectivity index is 1.36. The van der Waals surface area contributed by atoms with Crippen LogP contribution in [0.3, 0.4) is 0 Å². The van der Waals surface area contributed by atoms with Gasteiger partial charge >= 0.3 is 6.36 Å². The Morgan fingerprint density at radius 1 is 1.03 bits per heavy atom. The molecule has 3 aromatic rings. The van der Waals surface area contributed by atoms with E-state index in [-0.39, 0.29) is 23.5 Å². The number of rotatable bonds is 4. The first-order valence-corrected chi connectivity index (χ1v) is 13.1. The molecule has 11 heteroatoms. The van der Waals surface area contributed by atoms with E-state index < -0.39 is 23.4 Å². The number of anilines is 1. The van der Waals surface area contributed by atoms with Crippen molar-refractivity contribution in [2.24, 2.45) is 10.3 Å². The fourth-order valence-electron chi connectivity index (χ4n) is 5.45. The summed E-state index contributed by atoms with van der Waals surface area (Å²) in [5.41, 5.74) is 5.23. The van der Waals surface area contributed by atoms with E-state index in [1.165, 1.54) is 34.4 Å². The summed E-state index contributed by atoms with van der Waals surface area (Å²) < 4.78 is 66.3. The first-order valence-electron chi connectivity index (χ1n) is 12.0. The van der Waals surface area contributed by atoms with Gasteiger partial charge in [-0.25, -0.2) is 4.21 Å². The molecule has 0 radical (unpaired) electrons. The van der Waals surface area contributed by atoms with E-state index in [1.54, 1.807) is 0 Å². The van der Waals surface area contributed by atoms with Crippen molar-refractivity contribution in [1.29, 1.82) is 5.41 Å². The second-order valence-electron chi connectivity index (χ2n) is 9.22. The van der Waals surface area contributed by atoms with Gasteiger partial charge < -0.3 is 15.0 Å². The van der Waals surface area contributed by atoms with Crippen LogP contribution in [0.25, 0.3) is 11.1 Å². The van der Waals surface area contributed by atoms with Gasteiger partial charge in [0.1, 0.15) is 5.75 Å². The van der Waals surface area contributed by atoms with E-state index in [0.717, 1.165) is 25.0 Å². The lowest BCUT2D eigenvalue weighted by Crippen LogP contribution is -2.46. The molecule has 198 valence electrons. The summed E-state index contributed by atoms with van der Waals surface area (Å²) >= 11 is -2.56. The summed E-state index contributed by atoms with van der Waals surface area (Å²) in [6, 6.07) is 21.6. The zero-order chi connectivity index (χ0) is 26.9. The molecule has 7 nitrogen and oxygen atoms in total. The Morgan fingerprint density at radius 2 is 1.63 bits per heavy atom. The molecule has 1 heterocycles. The summed E-state index contributed by atoms with van der Waals surface area (Å²) in [6.45, 7) is 1.07. The Labute approximate surface area is 220 Å². The zero-order valence-electron chi connectivity index (χ0n) is 20.1. The van der Waals surface area contributed by atoms with E-state index in [0.29, 0.717) is 18.8 Å². The third-order valence-electron chi connectivity index (χ3n) is 6.86. The molecule has 0 bridgehead atoms. The quantitative estimate of drug-likeness (QED) is 0.212. The minimum Gasteiger partial charge on any atom is -0.406 e. The van der Waals surface area contributed by atoms with Crippen LogP contribution in [-0.2, 0) is 11.3 Å². The SMILES string of the molecule is N=C(Nc1ccc(OC(F)(F)F)cc1)/C(=N\S(=O)O)N1CCCC(C2c3ccccc3-c3ccccc32)C1.